The van der Waals surface area contributed by atoms with Crippen molar-refractivity contribution < 1.29 is 4.74 Å². The number of hydrogen-bond acceptors (Lipinski definition) is 2. The van der Waals surface area contributed by atoms with Crippen LogP contribution in [0.25, 0.3) is 0 Å². The van der Waals surface area contributed by atoms with Gasteiger partial charge in [-0.2, -0.15) is 0 Å². The number of ether oxygens (including phenoxy) is 1. The average Bonchev–Trinajstić information content (AvgIpc) is 2.56. The highest BCUT2D eigenvalue weighted by Gasteiger charge is 2.13. The molecular weight excluding hydrogens is 234 g/mol. The fraction of sp³-hybridized carbons (Fsp3) is 0.571. The van der Waals surface area contributed by atoms with Crippen LogP contribution in [-0.2, 0) is 11.3 Å². The summed E-state index contributed by atoms with van der Waals surface area (Å²) >= 11 is 5.87. The summed E-state index contributed by atoms with van der Waals surface area (Å²) in [7, 11) is 0. The Morgan fingerprint density at radius 2 is 1.88 bits per heavy atom. The summed E-state index contributed by atoms with van der Waals surface area (Å²) in [5.41, 5.74) is 7.67. The van der Waals surface area contributed by atoms with Gasteiger partial charge in [-0.15, -0.1) is 0 Å². The third-order valence-electron chi connectivity index (χ3n) is 3.38. The Morgan fingerprint density at radius 3 is 2.53 bits per heavy atom. The SMILES string of the molecule is Nc1cc(Cl)ccc1COC1CCCCCC1. The zero-order valence-corrected chi connectivity index (χ0v) is 10.9. The van der Waals surface area contributed by atoms with E-state index in [-0.39, 0.29) is 0 Å². The average molecular weight is 254 g/mol. The molecule has 0 heterocycles. The second kappa shape index (κ2) is 6.27. The van der Waals surface area contributed by atoms with E-state index in [1.54, 1.807) is 6.07 Å². The quantitative estimate of drug-likeness (QED) is 0.648. The number of nitrogen functional groups attached to an aromatic ring is 1. The molecule has 2 N–H and O–H groups in total. The molecule has 0 bridgehead atoms. The van der Waals surface area contributed by atoms with Gasteiger partial charge in [0.1, 0.15) is 0 Å². The number of halogens is 1. The molecule has 1 aromatic rings. The standard InChI is InChI=1S/C14H20ClNO/c15-12-8-7-11(14(16)9-12)10-17-13-5-3-1-2-4-6-13/h7-9,13H,1-6,10,16H2. The second-order valence-electron chi connectivity index (χ2n) is 4.77. The normalized spacial score (nSPS) is 17.9. The Balaban J connectivity index is 1.88. The van der Waals surface area contributed by atoms with Crippen molar-refractivity contribution in [3.63, 3.8) is 0 Å². The van der Waals surface area contributed by atoms with Gasteiger partial charge in [0.2, 0.25) is 0 Å². The van der Waals surface area contributed by atoms with Crippen LogP contribution in [0.15, 0.2) is 18.2 Å². The summed E-state index contributed by atoms with van der Waals surface area (Å²) < 4.78 is 5.95. The minimum absolute atomic E-state index is 0.410. The first kappa shape index (κ1) is 12.7. The van der Waals surface area contributed by atoms with E-state index < -0.39 is 0 Å². The lowest BCUT2D eigenvalue weighted by atomic mass is 10.1. The number of hydrogen-bond donors (Lipinski definition) is 1. The van der Waals surface area contributed by atoms with E-state index in [0.717, 1.165) is 11.3 Å². The zero-order valence-electron chi connectivity index (χ0n) is 10.1. The van der Waals surface area contributed by atoms with Crippen molar-refractivity contribution in [1.82, 2.24) is 0 Å². The third kappa shape index (κ3) is 3.90. The van der Waals surface area contributed by atoms with Crippen LogP contribution < -0.4 is 5.73 Å². The Labute approximate surface area is 108 Å². The van der Waals surface area contributed by atoms with Gasteiger partial charge in [0.25, 0.3) is 0 Å². The van der Waals surface area contributed by atoms with Gasteiger partial charge in [0.15, 0.2) is 0 Å². The molecule has 17 heavy (non-hydrogen) atoms. The topological polar surface area (TPSA) is 35.2 Å². The lowest BCUT2D eigenvalue weighted by molar-refractivity contribution is 0.0313. The molecule has 2 rings (SSSR count). The monoisotopic (exact) mass is 253 g/mol. The molecule has 3 heteroatoms. The highest BCUT2D eigenvalue weighted by Crippen LogP contribution is 2.23. The van der Waals surface area contributed by atoms with E-state index in [1.165, 1.54) is 38.5 Å². The molecule has 1 aromatic carbocycles. The largest absolute Gasteiger partial charge is 0.398 e. The first-order valence-corrected chi connectivity index (χ1v) is 6.79. The molecule has 94 valence electrons. The van der Waals surface area contributed by atoms with Crippen molar-refractivity contribution in [1.29, 1.82) is 0 Å². The van der Waals surface area contributed by atoms with E-state index in [2.05, 4.69) is 0 Å². The lowest BCUT2D eigenvalue weighted by Crippen LogP contribution is -2.12. The van der Waals surface area contributed by atoms with Crippen LogP contribution in [0.2, 0.25) is 5.02 Å². The fourth-order valence-corrected chi connectivity index (χ4v) is 2.49. The molecular formula is C14H20ClNO. The summed E-state index contributed by atoms with van der Waals surface area (Å²) in [6, 6.07) is 5.60. The van der Waals surface area contributed by atoms with Crippen molar-refractivity contribution in [3.05, 3.63) is 28.8 Å². The summed E-state index contributed by atoms with van der Waals surface area (Å²) in [5, 5.41) is 0.681. The van der Waals surface area contributed by atoms with Crippen LogP contribution in [0.1, 0.15) is 44.1 Å². The Kier molecular flexibility index (Phi) is 4.69. The smallest absolute Gasteiger partial charge is 0.0740 e. The molecule has 0 spiro atoms. The molecule has 2 nitrogen and oxygen atoms in total. The van der Waals surface area contributed by atoms with Gasteiger partial charge in [-0.25, -0.2) is 0 Å². The molecule has 0 amide bonds. The molecule has 0 atom stereocenters. The van der Waals surface area contributed by atoms with Crippen molar-refractivity contribution in [2.45, 2.75) is 51.2 Å². The second-order valence-corrected chi connectivity index (χ2v) is 5.20. The van der Waals surface area contributed by atoms with Crippen molar-refractivity contribution in [2.24, 2.45) is 0 Å². The first-order valence-electron chi connectivity index (χ1n) is 6.41. The number of anilines is 1. The molecule has 1 aliphatic rings. The third-order valence-corrected chi connectivity index (χ3v) is 3.62. The van der Waals surface area contributed by atoms with E-state index >= 15 is 0 Å². The van der Waals surface area contributed by atoms with Crippen LogP contribution in [-0.4, -0.2) is 6.10 Å². The zero-order chi connectivity index (χ0) is 12.1. The molecule has 1 saturated carbocycles. The first-order chi connectivity index (χ1) is 8.25. The molecule has 0 saturated heterocycles. The molecule has 0 unspecified atom stereocenters. The molecule has 1 aliphatic carbocycles. The van der Waals surface area contributed by atoms with E-state index in [4.69, 9.17) is 22.1 Å². The van der Waals surface area contributed by atoms with Gasteiger partial charge in [-0.3, -0.25) is 0 Å². The predicted octanol–water partition coefficient (Wildman–Crippen LogP) is 4.16. The summed E-state index contributed by atoms with van der Waals surface area (Å²) in [4.78, 5) is 0. The van der Waals surface area contributed by atoms with Gasteiger partial charge in [-0.05, 0) is 25.0 Å². The Bertz CT molecular complexity index is 359. The minimum Gasteiger partial charge on any atom is -0.398 e. The lowest BCUT2D eigenvalue weighted by Gasteiger charge is -2.16. The van der Waals surface area contributed by atoms with Crippen molar-refractivity contribution >= 4 is 17.3 Å². The van der Waals surface area contributed by atoms with Crippen LogP contribution in [0.5, 0.6) is 0 Å². The van der Waals surface area contributed by atoms with E-state index in [0.29, 0.717) is 17.7 Å². The maximum absolute atomic E-state index is 5.95. The predicted molar refractivity (Wildman–Crippen MR) is 72.1 cm³/mol. The molecule has 0 aliphatic heterocycles. The highest BCUT2D eigenvalue weighted by atomic mass is 35.5. The van der Waals surface area contributed by atoms with Crippen LogP contribution in [0.4, 0.5) is 5.69 Å². The summed E-state index contributed by atoms with van der Waals surface area (Å²) in [6.45, 7) is 0.605. The molecule has 0 aromatic heterocycles. The fourth-order valence-electron chi connectivity index (χ4n) is 2.31. The van der Waals surface area contributed by atoms with Gasteiger partial charge in [0.05, 0.1) is 12.7 Å². The number of nitrogens with two attached hydrogens (primary N) is 1. The molecule has 1 fully saturated rings. The van der Waals surface area contributed by atoms with Crippen molar-refractivity contribution in [3.8, 4) is 0 Å². The van der Waals surface area contributed by atoms with E-state index in [9.17, 15) is 0 Å². The Morgan fingerprint density at radius 1 is 1.18 bits per heavy atom. The summed E-state index contributed by atoms with van der Waals surface area (Å²) in [6.07, 6.45) is 8.07. The van der Waals surface area contributed by atoms with Gasteiger partial charge >= 0.3 is 0 Å². The van der Waals surface area contributed by atoms with E-state index in [1.807, 2.05) is 12.1 Å². The number of benzene rings is 1. The maximum atomic E-state index is 5.95. The maximum Gasteiger partial charge on any atom is 0.0740 e. The van der Waals surface area contributed by atoms with Crippen LogP contribution in [0.3, 0.4) is 0 Å². The summed E-state index contributed by atoms with van der Waals surface area (Å²) in [5.74, 6) is 0. The minimum atomic E-state index is 0.410. The van der Waals surface area contributed by atoms with Crippen LogP contribution in [0, 0.1) is 0 Å². The van der Waals surface area contributed by atoms with Crippen LogP contribution >= 0.6 is 11.6 Å². The molecule has 0 radical (unpaired) electrons. The Hall–Kier alpha value is -0.730. The van der Waals surface area contributed by atoms with Gasteiger partial charge in [0, 0.05) is 16.3 Å². The highest BCUT2D eigenvalue weighted by molar-refractivity contribution is 6.30. The number of rotatable bonds is 3. The van der Waals surface area contributed by atoms with Gasteiger partial charge in [-0.1, -0.05) is 43.4 Å². The van der Waals surface area contributed by atoms with Crippen molar-refractivity contribution in [2.75, 3.05) is 5.73 Å². The van der Waals surface area contributed by atoms with Gasteiger partial charge < -0.3 is 10.5 Å².